The Labute approximate surface area is 109 Å². The summed E-state index contributed by atoms with van der Waals surface area (Å²) < 4.78 is 5.41. The van der Waals surface area contributed by atoms with Crippen LogP contribution in [-0.4, -0.2) is 23.7 Å². The molecule has 1 saturated heterocycles. The average molecular weight is 253 g/mol. The van der Waals surface area contributed by atoms with Gasteiger partial charge in [-0.05, 0) is 38.0 Å². The van der Waals surface area contributed by atoms with E-state index in [-0.39, 0.29) is 0 Å². The van der Waals surface area contributed by atoms with Gasteiger partial charge >= 0.3 is 0 Å². The molecule has 96 valence electrons. The first-order valence-electron chi connectivity index (χ1n) is 6.96. The fourth-order valence-corrected chi connectivity index (χ4v) is 4.67. The zero-order valence-corrected chi connectivity index (χ0v) is 11.5. The molecule has 0 aromatic carbocycles. The molecular formula is C14H23NOS. The molecule has 1 aliphatic carbocycles. The molecule has 3 heteroatoms. The van der Waals surface area contributed by atoms with Gasteiger partial charge in [-0.2, -0.15) is 17.0 Å². The fraction of sp³-hybridized carbons (Fsp3) is 0.929. The van der Waals surface area contributed by atoms with E-state index < -0.39 is 0 Å². The predicted molar refractivity (Wildman–Crippen MR) is 72.0 cm³/mol. The maximum Gasteiger partial charge on any atom is 0.0667 e. The highest BCUT2D eigenvalue weighted by molar-refractivity contribution is 8.00. The Bertz CT molecular complexity index is 270. The van der Waals surface area contributed by atoms with E-state index in [4.69, 9.17) is 4.74 Å². The van der Waals surface area contributed by atoms with Gasteiger partial charge in [-0.1, -0.05) is 13.3 Å². The van der Waals surface area contributed by atoms with Crippen LogP contribution in [0.4, 0.5) is 0 Å². The quantitative estimate of drug-likeness (QED) is 0.770. The number of nitriles is 1. The number of thioether (sulfide) groups is 1. The van der Waals surface area contributed by atoms with E-state index in [0.29, 0.717) is 11.2 Å². The lowest BCUT2D eigenvalue weighted by molar-refractivity contribution is 0.0998. The van der Waals surface area contributed by atoms with Gasteiger partial charge in [-0.25, -0.2) is 0 Å². The standard InChI is InChI=1S/C14H23NOS/c1-2-11-3-4-12(10-15)14(9-11)17-13-5-7-16-8-6-13/h11-14H,2-9H2,1H3. The summed E-state index contributed by atoms with van der Waals surface area (Å²) in [6.07, 6.45) is 7.28. The summed E-state index contributed by atoms with van der Waals surface area (Å²) in [5.41, 5.74) is 0. The first-order chi connectivity index (χ1) is 8.33. The summed E-state index contributed by atoms with van der Waals surface area (Å²) >= 11 is 2.09. The van der Waals surface area contributed by atoms with Crippen LogP contribution in [0.5, 0.6) is 0 Å². The Balaban J connectivity index is 1.88. The summed E-state index contributed by atoms with van der Waals surface area (Å²) in [5.74, 6) is 1.16. The van der Waals surface area contributed by atoms with Gasteiger partial charge in [0.05, 0.1) is 12.0 Å². The number of ether oxygens (including phenoxy) is 1. The highest BCUT2D eigenvalue weighted by Gasteiger charge is 2.32. The molecule has 2 aliphatic rings. The summed E-state index contributed by atoms with van der Waals surface area (Å²) in [7, 11) is 0. The maximum atomic E-state index is 9.26. The number of hydrogen-bond donors (Lipinski definition) is 0. The number of rotatable bonds is 3. The van der Waals surface area contributed by atoms with Crippen LogP contribution < -0.4 is 0 Å². The van der Waals surface area contributed by atoms with Crippen LogP contribution in [0.3, 0.4) is 0 Å². The van der Waals surface area contributed by atoms with Crippen LogP contribution in [0.1, 0.15) is 45.4 Å². The Morgan fingerprint density at radius 2 is 2.00 bits per heavy atom. The van der Waals surface area contributed by atoms with Crippen molar-refractivity contribution in [1.29, 1.82) is 5.26 Å². The van der Waals surface area contributed by atoms with Gasteiger partial charge in [0.25, 0.3) is 0 Å². The molecule has 3 unspecified atom stereocenters. The maximum absolute atomic E-state index is 9.26. The molecular weight excluding hydrogens is 230 g/mol. The first-order valence-corrected chi connectivity index (χ1v) is 7.90. The van der Waals surface area contributed by atoms with Crippen LogP contribution >= 0.6 is 11.8 Å². The van der Waals surface area contributed by atoms with Gasteiger partial charge in [0.1, 0.15) is 0 Å². The molecule has 1 heterocycles. The van der Waals surface area contributed by atoms with E-state index in [1.165, 1.54) is 32.1 Å². The van der Waals surface area contributed by atoms with Crippen LogP contribution in [0.25, 0.3) is 0 Å². The molecule has 1 aliphatic heterocycles. The van der Waals surface area contributed by atoms with Crippen LogP contribution in [0.15, 0.2) is 0 Å². The summed E-state index contributed by atoms with van der Waals surface area (Å²) in [4.78, 5) is 0. The molecule has 2 rings (SSSR count). The topological polar surface area (TPSA) is 33.0 Å². The molecule has 0 N–H and O–H groups in total. The lowest BCUT2D eigenvalue weighted by Gasteiger charge is -2.35. The zero-order valence-electron chi connectivity index (χ0n) is 10.7. The average Bonchev–Trinajstić information content (AvgIpc) is 2.40. The van der Waals surface area contributed by atoms with Crippen molar-refractivity contribution in [1.82, 2.24) is 0 Å². The lowest BCUT2D eigenvalue weighted by atomic mass is 9.81. The minimum atomic E-state index is 0.297. The second kappa shape index (κ2) is 6.66. The molecule has 3 atom stereocenters. The third-order valence-electron chi connectivity index (χ3n) is 4.18. The second-order valence-corrected chi connectivity index (χ2v) is 6.85. The molecule has 2 fully saturated rings. The van der Waals surface area contributed by atoms with Crippen molar-refractivity contribution < 1.29 is 4.74 Å². The normalized spacial score (nSPS) is 35.4. The Morgan fingerprint density at radius 3 is 2.65 bits per heavy atom. The first kappa shape index (κ1) is 13.2. The largest absolute Gasteiger partial charge is 0.381 e. The molecule has 0 bridgehead atoms. The van der Waals surface area contributed by atoms with Gasteiger partial charge in [0.2, 0.25) is 0 Å². The second-order valence-electron chi connectivity index (χ2n) is 5.31. The van der Waals surface area contributed by atoms with Gasteiger partial charge < -0.3 is 4.74 Å². The van der Waals surface area contributed by atoms with E-state index in [2.05, 4.69) is 24.8 Å². The fourth-order valence-electron chi connectivity index (χ4n) is 2.94. The van der Waals surface area contributed by atoms with Gasteiger partial charge in [-0.15, -0.1) is 0 Å². The Morgan fingerprint density at radius 1 is 1.24 bits per heavy atom. The predicted octanol–water partition coefficient (Wildman–Crippen LogP) is 3.62. The molecule has 0 spiro atoms. The van der Waals surface area contributed by atoms with Crippen molar-refractivity contribution in [3.63, 3.8) is 0 Å². The van der Waals surface area contributed by atoms with Gasteiger partial charge in [-0.3, -0.25) is 0 Å². The van der Waals surface area contributed by atoms with Crippen molar-refractivity contribution in [3.05, 3.63) is 0 Å². The smallest absolute Gasteiger partial charge is 0.0667 e. The van der Waals surface area contributed by atoms with Crippen molar-refractivity contribution in [2.24, 2.45) is 11.8 Å². The molecule has 17 heavy (non-hydrogen) atoms. The molecule has 1 saturated carbocycles. The van der Waals surface area contributed by atoms with E-state index in [9.17, 15) is 5.26 Å². The van der Waals surface area contributed by atoms with Crippen LogP contribution in [-0.2, 0) is 4.74 Å². The Kier molecular flexibility index (Phi) is 5.18. The summed E-state index contributed by atoms with van der Waals surface area (Å²) in [5, 5.41) is 10.6. The van der Waals surface area contributed by atoms with E-state index in [1.807, 2.05) is 0 Å². The molecule has 0 aromatic rings. The monoisotopic (exact) mass is 253 g/mol. The minimum Gasteiger partial charge on any atom is -0.381 e. The minimum absolute atomic E-state index is 0.297. The van der Waals surface area contributed by atoms with Crippen molar-refractivity contribution >= 4 is 11.8 Å². The van der Waals surface area contributed by atoms with Crippen molar-refractivity contribution in [2.45, 2.75) is 55.9 Å². The third-order valence-corrected chi connectivity index (χ3v) is 5.91. The number of hydrogen-bond acceptors (Lipinski definition) is 3. The van der Waals surface area contributed by atoms with E-state index >= 15 is 0 Å². The SMILES string of the molecule is CCC1CCC(C#N)C(SC2CCOCC2)C1. The van der Waals surface area contributed by atoms with Crippen LogP contribution in [0.2, 0.25) is 0 Å². The van der Waals surface area contributed by atoms with Crippen molar-refractivity contribution in [3.8, 4) is 6.07 Å². The molecule has 0 radical (unpaired) electrons. The van der Waals surface area contributed by atoms with Gasteiger partial charge in [0, 0.05) is 23.7 Å². The molecule has 0 amide bonds. The highest BCUT2D eigenvalue weighted by Crippen LogP contribution is 2.40. The summed E-state index contributed by atoms with van der Waals surface area (Å²) in [6.45, 7) is 4.12. The Hall–Kier alpha value is -0.200. The zero-order chi connectivity index (χ0) is 12.1. The van der Waals surface area contributed by atoms with Crippen molar-refractivity contribution in [2.75, 3.05) is 13.2 Å². The van der Waals surface area contributed by atoms with E-state index in [1.54, 1.807) is 0 Å². The number of nitrogens with zero attached hydrogens (tertiary/aromatic N) is 1. The molecule has 2 nitrogen and oxygen atoms in total. The van der Waals surface area contributed by atoms with E-state index in [0.717, 1.165) is 30.8 Å². The third kappa shape index (κ3) is 3.63. The molecule has 0 aromatic heterocycles. The lowest BCUT2D eigenvalue weighted by Crippen LogP contribution is -2.29. The highest BCUT2D eigenvalue weighted by atomic mass is 32.2. The summed E-state index contributed by atoms with van der Waals surface area (Å²) in [6, 6.07) is 2.54. The van der Waals surface area contributed by atoms with Gasteiger partial charge in [0.15, 0.2) is 0 Å². The van der Waals surface area contributed by atoms with Crippen LogP contribution in [0, 0.1) is 23.2 Å².